The molecule has 0 radical (unpaired) electrons. The third-order valence-corrected chi connectivity index (χ3v) is 51.8. The first-order chi connectivity index (χ1) is 36.1. The zero-order chi connectivity index (χ0) is 57.0. The van der Waals surface area contributed by atoms with Gasteiger partial charge in [-0.25, -0.2) is 9.97 Å². The number of nitrogens with zero attached hydrogens (tertiary/aromatic N) is 6. The van der Waals surface area contributed by atoms with Gasteiger partial charge in [-0.05, 0) is 79.2 Å². The van der Waals surface area contributed by atoms with Crippen molar-refractivity contribution >= 4 is 96.0 Å². The number of anilines is 3. The first kappa shape index (κ1) is 65.5. The van der Waals surface area contributed by atoms with Gasteiger partial charge in [-0.2, -0.15) is 0 Å². The van der Waals surface area contributed by atoms with Crippen molar-refractivity contribution in [3.63, 3.8) is 0 Å². The van der Waals surface area contributed by atoms with Gasteiger partial charge < -0.3 is 9.13 Å². The molecule has 0 amide bonds. The summed E-state index contributed by atoms with van der Waals surface area (Å²) in [5.74, 6) is 3.80. The Kier molecular flexibility index (Phi) is 23.9. The van der Waals surface area contributed by atoms with Crippen molar-refractivity contribution in [2.75, 3.05) is 33.3 Å². The van der Waals surface area contributed by atoms with Crippen LogP contribution in [0.5, 0.6) is 0 Å². The van der Waals surface area contributed by atoms with E-state index in [0.29, 0.717) is 15.1 Å². The molecule has 0 saturated carbocycles. The summed E-state index contributed by atoms with van der Waals surface area (Å²) in [4.78, 5) is 14.7. The quantitative estimate of drug-likeness (QED) is 0.0725. The molecule has 0 N–H and O–H groups in total. The Hall–Kier alpha value is -2.30. The van der Waals surface area contributed by atoms with Gasteiger partial charge in [0, 0.05) is 35.3 Å². The van der Waals surface area contributed by atoms with Crippen molar-refractivity contribution in [2.45, 2.75) is 220 Å². The van der Waals surface area contributed by atoms with Crippen LogP contribution in [0, 0.1) is 0 Å². The summed E-state index contributed by atoms with van der Waals surface area (Å²) in [6.07, 6.45) is 19.1. The van der Waals surface area contributed by atoms with Crippen LogP contribution in [-0.4, -0.2) is 77.7 Å². The van der Waals surface area contributed by atoms with Crippen LogP contribution >= 0.6 is 31.9 Å². The van der Waals surface area contributed by atoms with Gasteiger partial charge in [0.25, 0.3) is 0 Å². The number of pyridine rings is 3. The Bertz CT molecular complexity index is 2590. The van der Waals surface area contributed by atoms with Gasteiger partial charge in [0.05, 0.1) is 0 Å². The van der Waals surface area contributed by atoms with Gasteiger partial charge in [0.2, 0.25) is 0 Å². The molecule has 6 nitrogen and oxygen atoms in total. The molecule has 0 atom stereocenters. The molecule has 3 aromatic heterocycles. The molecule has 0 spiro atoms. The summed E-state index contributed by atoms with van der Waals surface area (Å²) < 4.78 is 15.4. The van der Waals surface area contributed by atoms with E-state index in [4.69, 9.17) is 9.97 Å². The molecule has 3 aliphatic heterocycles. The standard InChI is InChI=1S/C20H28N2Si.C13H21BrN2Si.C13H21N2Si.C7H7Br.3C4H9.Sn/c1-20(2,3)23(4,5)22-12-11-18-14-17(15-21-19(18)22)13-16-9-7-6-8-10-16;1-13(2,3)17(4,5)16-7-6-10-8-11(14)9-15-12(10)16;1-13(2,3)16(4,5)15-10-8-11-7-6-9-14-12(11)15;8-6-7-4-2-1-3-5-7;3*1-3-4-2;/h6-10,14-15H,11-13H2,1-5H3;8-9H,6-7H2,1-5H3;7,9H,8,10H2,1-5H3;1-5H,6H2;3*1,3-4H2,2H3;. The molecule has 0 aliphatic carbocycles. The zero-order valence-electron chi connectivity index (χ0n) is 51.7. The van der Waals surface area contributed by atoms with Crippen LogP contribution in [-0.2, 0) is 31.0 Å². The van der Waals surface area contributed by atoms with Gasteiger partial charge in [0.15, 0.2) is 16.5 Å². The fraction of sp³-hybridized carbons (Fsp3) is 0.585. The van der Waals surface area contributed by atoms with Crippen molar-refractivity contribution in [1.29, 1.82) is 0 Å². The van der Waals surface area contributed by atoms with E-state index < -0.39 is 43.1 Å². The zero-order valence-corrected chi connectivity index (χ0v) is 60.7. The molecule has 3 aliphatic rings. The molecule has 6 heterocycles. The van der Waals surface area contributed by atoms with Crippen molar-refractivity contribution in [2.24, 2.45) is 0 Å². The number of hydrogen-bond donors (Lipinski definition) is 0. The van der Waals surface area contributed by atoms with E-state index in [-0.39, 0.29) is 0 Å². The van der Waals surface area contributed by atoms with Crippen LogP contribution < -0.4 is 17.3 Å². The molecule has 0 bridgehead atoms. The van der Waals surface area contributed by atoms with E-state index in [9.17, 15) is 0 Å². The van der Waals surface area contributed by atoms with Gasteiger partial charge in [0.1, 0.15) is 11.6 Å². The number of unbranched alkanes of at least 4 members (excludes halogenated alkanes) is 3. The van der Waals surface area contributed by atoms with E-state index in [1.165, 1.54) is 110 Å². The maximum atomic E-state index is 5.22. The number of aromatic nitrogens is 3. The third-order valence-electron chi connectivity index (χ3n) is 18.9. The second kappa shape index (κ2) is 28.1. The average Bonchev–Trinajstić information content (AvgIpc) is 4.14. The monoisotopic (exact) mass is 1330 g/mol. The summed E-state index contributed by atoms with van der Waals surface area (Å²) in [6.45, 7) is 46.9. The second-order valence-corrected chi connectivity index (χ2v) is 57.4. The summed E-state index contributed by atoms with van der Waals surface area (Å²) in [5, 5.41) is 2.03. The van der Waals surface area contributed by atoms with Gasteiger partial charge in [-0.1, -0.05) is 150 Å². The summed E-state index contributed by atoms with van der Waals surface area (Å²) in [6, 6.07) is 28.2. The number of fused-ring (bicyclic) bond motifs is 3. The van der Waals surface area contributed by atoms with Crippen LogP contribution in [0.3, 0.4) is 0 Å². The molecule has 8 rings (SSSR count). The molecule has 424 valence electrons. The number of halogens is 2. The minimum absolute atomic E-state index is 0.346. The molecule has 12 heteroatoms. The Morgan fingerprint density at radius 1 is 0.481 bits per heavy atom. The Balaban J connectivity index is 0.000000203. The Morgan fingerprint density at radius 2 is 0.844 bits per heavy atom. The molecule has 5 aromatic rings. The SMILES string of the molecule is BrCc1ccccc1.CC(C)(C)[Si](C)(C)N1CCc2cc(Br)cnc21.CC(C)(C)[Si](C)(C)N1CCc2cc(Cc3ccccc3)cnc21.CCC[CH2][Sn]([CH2]CCC)([CH2]CCC)[c]1cnc2c(c1)CCN2[Si](C)(C)C(C)(C)C. The third kappa shape index (κ3) is 16.5. The van der Waals surface area contributed by atoms with Crippen LogP contribution in [0.15, 0.2) is 102 Å². The van der Waals surface area contributed by atoms with E-state index in [1.807, 2.05) is 24.4 Å². The molecule has 0 saturated heterocycles. The predicted octanol–water partition coefficient (Wildman–Crippen LogP) is 19.3. The van der Waals surface area contributed by atoms with Crippen molar-refractivity contribution < 1.29 is 0 Å². The van der Waals surface area contributed by atoms with E-state index >= 15 is 0 Å². The van der Waals surface area contributed by atoms with Crippen LogP contribution in [0.1, 0.15) is 155 Å². The first-order valence-corrected chi connectivity index (χ1v) is 47.9. The summed E-state index contributed by atoms with van der Waals surface area (Å²) >= 11 is 4.49. The van der Waals surface area contributed by atoms with Crippen molar-refractivity contribution in [1.82, 2.24) is 15.0 Å². The number of benzene rings is 2. The summed E-state index contributed by atoms with van der Waals surface area (Å²) in [7, 11) is -4.59. The van der Waals surface area contributed by atoms with E-state index in [2.05, 4.69) is 246 Å². The molecular weight excluding hydrogens is 1230 g/mol. The second-order valence-electron chi connectivity index (χ2n) is 27.2. The maximum absolute atomic E-state index is 5.22. The molecule has 0 fully saturated rings. The van der Waals surface area contributed by atoms with Crippen molar-refractivity contribution in [3.05, 3.63) is 135 Å². The van der Waals surface area contributed by atoms with Crippen LogP contribution in [0.25, 0.3) is 0 Å². The topological polar surface area (TPSA) is 48.4 Å². The number of hydrogen-bond acceptors (Lipinski definition) is 6. The predicted molar refractivity (Wildman–Crippen MR) is 358 cm³/mol. The van der Waals surface area contributed by atoms with Crippen molar-refractivity contribution in [3.8, 4) is 0 Å². The fourth-order valence-electron chi connectivity index (χ4n) is 10.8. The molecule has 0 unspecified atom stereocenters. The van der Waals surface area contributed by atoms with E-state index in [0.717, 1.165) is 42.2 Å². The average molecular weight is 1330 g/mol. The fourth-order valence-corrected chi connectivity index (χ4v) is 34.0. The van der Waals surface area contributed by atoms with Gasteiger partial charge in [-0.3, -0.25) is 0 Å². The number of alkyl halides is 1. The van der Waals surface area contributed by atoms with Crippen LogP contribution in [0.4, 0.5) is 17.5 Å². The normalized spacial score (nSPS) is 14.7. The molecular formula is C65H104Br2N6Si3Sn. The van der Waals surface area contributed by atoms with E-state index in [1.54, 1.807) is 9.14 Å². The first-order valence-electron chi connectivity index (χ1n) is 29.7. The molecule has 77 heavy (non-hydrogen) atoms. The van der Waals surface area contributed by atoms with Gasteiger partial charge >= 0.3 is 188 Å². The Morgan fingerprint density at radius 3 is 1.22 bits per heavy atom. The summed E-state index contributed by atoms with van der Waals surface area (Å²) in [5.41, 5.74) is 8.40. The molecule has 2 aromatic carbocycles. The minimum atomic E-state index is -2.37. The number of rotatable bonds is 16. The van der Waals surface area contributed by atoms with Crippen LogP contribution in [0.2, 0.25) is 67.7 Å². The Labute approximate surface area is 495 Å². The van der Waals surface area contributed by atoms with Gasteiger partial charge in [-0.15, -0.1) is 0 Å².